The van der Waals surface area contributed by atoms with Gasteiger partial charge >= 0.3 is 0 Å². The summed E-state index contributed by atoms with van der Waals surface area (Å²) in [7, 11) is 0. The van der Waals surface area contributed by atoms with E-state index < -0.39 is 11.7 Å². The van der Waals surface area contributed by atoms with Crippen LogP contribution in [0.4, 0.5) is 8.78 Å². The molecule has 0 aromatic carbocycles. The fourth-order valence-corrected chi connectivity index (χ4v) is 5.26. The molecule has 1 aliphatic heterocycles. The Balaban J connectivity index is 0.00000139. The Morgan fingerprint density at radius 2 is 1.78 bits per heavy atom. The molecule has 2 aliphatic carbocycles. The Labute approximate surface area is 275 Å². The lowest BCUT2D eigenvalue weighted by atomic mass is 10.2. The van der Waals surface area contributed by atoms with Crippen molar-refractivity contribution in [2.75, 3.05) is 19.6 Å². The number of aromatic nitrogens is 2. The second kappa shape index (κ2) is 20.9. The van der Waals surface area contributed by atoms with Gasteiger partial charge in [-0.05, 0) is 84.2 Å². The highest BCUT2D eigenvalue weighted by Gasteiger charge is 2.20. The first-order valence-electron chi connectivity index (χ1n) is 16.3. The second-order valence-electron chi connectivity index (χ2n) is 11.5. The molecule has 0 radical (unpaired) electrons. The SMILES string of the molecule is C=C.C=C(CCN1CCCCCC1)Cn1c(CN(C(=O)/C=C/C2=C(F)C(F)=CCC=C2)C(C)C)n/c2c1=C=C/C=C\C\C=2.C=CC. The van der Waals surface area contributed by atoms with E-state index in [1.165, 1.54) is 50.0 Å². The molecule has 0 N–H and O–H groups in total. The number of hydrogen-bond acceptors (Lipinski definition) is 3. The third-order valence-corrected chi connectivity index (χ3v) is 7.65. The number of halogens is 2. The van der Waals surface area contributed by atoms with Gasteiger partial charge in [-0.1, -0.05) is 67.2 Å². The lowest BCUT2D eigenvalue weighted by Crippen LogP contribution is -2.37. The summed E-state index contributed by atoms with van der Waals surface area (Å²) in [4.78, 5) is 22.5. The molecule has 1 saturated heterocycles. The number of allylic oxidation sites excluding steroid dienone is 11. The molecular formula is C39H52F2N4O. The highest BCUT2D eigenvalue weighted by atomic mass is 19.2. The van der Waals surface area contributed by atoms with Gasteiger partial charge in [0.2, 0.25) is 5.91 Å². The average Bonchev–Trinajstić information content (AvgIpc) is 3.19. The van der Waals surface area contributed by atoms with Gasteiger partial charge in [-0.15, -0.1) is 19.7 Å². The summed E-state index contributed by atoms with van der Waals surface area (Å²) in [6, 6.07) is -0.142. The number of carbonyl (C=O) groups is 1. The van der Waals surface area contributed by atoms with Crippen molar-refractivity contribution in [3.63, 3.8) is 0 Å². The first-order chi connectivity index (χ1) is 22.2. The normalized spacial score (nSPS) is 17.7. The van der Waals surface area contributed by atoms with Gasteiger partial charge < -0.3 is 14.4 Å². The van der Waals surface area contributed by atoms with Crippen molar-refractivity contribution in [3.8, 4) is 0 Å². The van der Waals surface area contributed by atoms with Crippen LogP contribution in [-0.4, -0.2) is 50.9 Å². The zero-order valence-electron chi connectivity index (χ0n) is 28.1. The Kier molecular flexibility index (Phi) is 17.3. The van der Waals surface area contributed by atoms with Crippen molar-refractivity contribution in [1.82, 2.24) is 19.4 Å². The molecule has 1 amide bonds. The van der Waals surface area contributed by atoms with Crippen LogP contribution >= 0.6 is 0 Å². The maximum Gasteiger partial charge on any atom is 0.247 e. The molecule has 7 heteroatoms. The summed E-state index contributed by atoms with van der Waals surface area (Å²) in [6.07, 6.45) is 23.8. The van der Waals surface area contributed by atoms with Crippen molar-refractivity contribution < 1.29 is 13.6 Å². The number of imidazole rings is 1. The molecule has 1 fully saturated rings. The summed E-state index contributed by atoms with van der Waals surface area (Å²) >= 11 is 0. The van der Waals surface area contributed by atoms with E-state index in [1.54, 1.807) is 17.1 Å². The molecular weight excluding hydrogens is 578 g/mol. The summed E-state index contributed by atoms with van der Waals surface area (Å²) < 4.78 is 30.4. The van der Waals surface area contributed by atoms with Crippen molar-refractivity contribution in [1.29, 1.82) is 0 Å². The van der Waals surface area contributed by atoms with Crippen LogP contribution in [0.25, 0.3) is 11.8 Å². The van der Waals surface area contributed by atoms with Crippen LogP contribution in [0.3, 0.4) is 0 Å². The predicted octanol–water partition coefficient (Wildman–Crippen LogP) is 7.71. The zero-order valence-corrected chi connectivity index (χ0v) is 28.1. The first kappa shape index (κ1) is 38.1. The Hall–Kier alpha value is -4.06. The van der Waals surface area contributed by atoms with Gasteiger partial charge in [0.15, 0.2) is 11.7 Å². The van der Waals surface area contributed by atoms with E-state index in [1.807, 2.05) is 32.9 Å². The molecule has 0 atom stereocenters. The highest BCUT2D eigenvalue weighted by molar-refractivity contribution is 5.88. The van der Waals surface area contributed by atoms with Gasteiger partial charge in [0.25, 0.3) is 0 Å². The van der Waals surface area contributed by atoms with E-state index in [0.717, 1.165) is 54.6 Å². The van der Waals surface area contributed by atoms with Crippen LogP contribution in [0.1, 0.15) is 71.5 Å². The summed E-state index contributed by atoms with van der Waals surface area (Å²) in [5, 5.41) is 1.72. The Bertz CT molecular complexity index is 1490. The summed E-state index contributed by atoms with van der Waals surface area (Å²) in [5.41, 5.74) is 4.53. The van der Waals surface area contributed by atoms with E-state index >= 15 is 0 Å². The van der Waals surface area contributed by atoms with E-state index in [0.29, 0.717) is 13.0 Å². The number of fused-ring (bicyclic) bond motifs is 1. The van der Waals surface area contributed by atoms with Crippen LogP contribution in [0.2, 0.25) is 0 Å². The Morgan fingerprint density at radius 1 is 1.11 bits per heavy atom. The molecule has 3 aliphatic rings. The van der Waals surface area contributed by atoms with Gasteiger partial charge in [0.05, 0.1) is 11.9 Å². The third kappa shape index (κ3) is 12.0. The van der Waals surface area contributed by atoms with Gasteiger partial charge in [-0.25, -0.2) is 13.8 Å². The minimum Gasteiger partial charge on any atom is -0.329 e. The zero-order chi connectivity index (χ0) is 33.9. The lowest BCUT2D eigenvalue weighted by molar-refractivity contribution is -0.128. The molecule has 2 heterocycles. The minimum atomic E-state index is -0.959. The summed E-state index contributed by atoms with van der Waals surface area (Å²) in [5.74, 6) is -1.42. The maximum absolute atomic E-state index is 14.4. The van der Waals surface area contributed by atoms with Crippen molar-refractivity contribution in [3.05, 3.63) is 120 Å². The van der Waals surface area contributed by atoms with Crippen LogP contribution in [0, 0.1) is 0 Å². The monoisotopic (exact) mass is 630 g/mol. The standard InChI is InChI=1S/C34H42F2N4O.C3H6.C2H4/c1-26(2)39(33(41)19-18-28-14-10-11-15-29(35)34(28)36)25-32-37-30-16-8-4-5-9-17-31(30)40(32)24-27(3)20-23-38-21-12-6-7-13-22-38;1-3-2;1-2/h4-5,9-10,14-16,18-19,26H,3,6-8,11-13,20-25H2,1-2H3;3H,1H2,2H3;1-2H2/b5-4-,19-18+,30-16+;;. The lowest BCUT2D eigenvalue weighted by Gasteiger charge is -2.26. The second-order valence-corrected chi connectivity index (χ2v) is 11.5. The topological polar surface area (TPSA) is 41.4 Å². The fourth-order valence-electron chi connectivity index (χ4n) is 5.26. The highest BCUT2D eigenvalue weighted by Crippen LogP contribution is 2.23. The number of rotatable bonds is 10. The van der Waals surface area contributed by atoms with Gasteiger partial charge in [-0.2, -0.15) is 0 Å². The number of amides is 1. The van der Waals surface area contributed by atoms with E-state index in [9.17, 15) is 13.6 Å². The summed E-state index contributed by atoms with van der Waals surface area (Å²) in [6.45, 7) is 23.7. The third-order valence-electron chi connectivity index (χ3n) is 7.65. The minimum absolute atomic E-state index is 0.0420. The number of nitrogens with zero attached hydrogens (tertiary/aromatic N) is 4. The molecule has 0 spiro atoms. The van der Waals surface area contributed by atoms with Crippen LogP contribution < -0.4 is 10.7 Å². The molecule has 5 nitrogen and oxygen atoms in total. The van der Waals surface area contributed by atoms with Crippen LogP contribution in [0.5, 0.6) is 0 Å². The Morgan fingerprint density at radius 3 is 2.46 bits per heavy atom. The molecule has 1 aromatic rings. The van der Waals surface area contributed by atoms with Crippen molar-refractivity contribution >= 4 is 17.7 Å². The molecule has 1 aromatic heterocycles. The molecule has 248 valence electrons. The number of hydrogen-bond donors (Lipinski definition) is 0. The quantitative estimate of drug-likeness (QED) is 0.197. The van der Waals surface area contributed by atoms with Gasteiger partial charge in [0, 0.05) is 30.8 Å². The maximum atomic E-state index is 14.4. The van der Waals surface area contributed by atoms with Crippen LogP contribution in [0.15, 0.2) is 104 Å². The van der Waals surface area contributed by atoms with E-state index in [-0.39, 0.29) is 24.1 Å². The van der Waals surface area contributed by atoms with E-state index in [2.05, 4.69) is 53.7 Å². The molecule has 46 heavy (non-hydrogen) atoms. The molecule has 0 unspecified atom stereocenters. The molecule has 0 bridgehead atoms. The fraction of sp³-hybridized carbons (Fsp3) is 0.410. The smallest absolute Gasteiger partial charge is 0.247 e. The van der Waals surface area contributed by atoms with Crippen molar-refractivity contribution in [2.24, 2.45) is 0 Å². The number of likely N-dealkylation sites (tertiary alicyclic amines) is 1. The first-order valence-corrected chi connectivity index (χ1v) is 16.3. The van der Waals surface area contributed by atoms with Gasteiger partial charge in [-0.3, -0.25) is 4.79 Å². The predicted molar refractivity (Wildman–Crippen MR) is 189 cm³/mol. The van der Waals surface area contributed by atoms with Crippen LogP contribution in [-0.2, 0) is 17.9 Å². The molecule has 0 saturated carbocycles. The van der Waals surface area contributed by atoms with E-state index in [4.69, 9.17) is 4.98 Å². The largest absolute Gasteiger partial charge is 0.329 e. The average molecular weight is 631 g/mol. The number of carbonyl (C=O) groups excluding carboxylic acids is 1. The van der Waals surface area contributed by atoms with Crippen molar-refractivity contribution in [2.45, 2.75) is 84.8 Å². The van der Waals surface area contributed by atoms with Gasteiger partial charge in [0.1, 0.15) is 11.2 Å². The molecule has 4 rings (SSSR count).